The Morgan fingerprint density at radius 1 is 0.886 bits per heavy atom. The summed E-state index contributed by atoms with van der Waals surface area (Å²) in [5.41, 5.74) is 3.96. The fourth-order valence-corrected chi connectivity index (χ4v) is 7.02. The number of carbonyl (C=O) groups excluding carboxylic acids is 2. The van der Waals surface area contributed by atoms with Gasteiger partial charge < -0.3 is 20.2 Å². The first-order valence-electron chi connectivity index (χ1n) is 15.7. The van der Waals surface area contributed by atoms with Gasteiger partial charge in [-0.3, -0.25) is 19.1 Å². The van der Waals surface area contributed by atoms with Gasteiger partial charge in [0.25, 0.3) is 5.91 Å². The Morgan fingerprint density at radius 2 is 1.64 bits per heavy atom. The number of anilines is 1. The Balaban J connectivity index is 1.11. The summed E-state index contributed by atoms with van der Waals surface area (Å²) in [5.74, 6) is 0.889. The van der Waals surface area contributed by atoms with Gasteiger partial charge in [0.1, 0.15) is 11.5 Å². The van der Waals surface area contributed by atoms with Gasteiger partial charge in [-0.1, -0.05) is 42.5 Å². The van der Waals surface area contributed by atoms with Gasteiger partial charge in [-0.05, 0) is 48.9 Å². The van der Waals surface area contributed by atoms with Gasteiger partial charge in [0.05, 0.1) is 11.6 Å². The van der Waals surface area contributed by atoms with Crippen LogP contribution < -0.4 is 5.32 Å². The van der Waals surface area contributed by atoms with Crippen LogP contribution in [0.25, 0.3) is 16.9 Å². The topological polar surface area (TPSA) is 107 Å². The molecule has 0 saturated carbocycles. The van der Waals surface area contributed by atoms with E-state index in [0.29, 0.717) is 43.5 Å². The number of piperidine rings is 2. The van der Waals surface area contributed by atoms with E-state index in [2.05, 4.69) is 34.5 Å². The van der Waals surface area contributed by atoms with Gasteiger partial charge in [0, 0.05) is 75.9 Å². The third kappa shape index (κ3) is 5.67. The van der Waals surface area contributed by atoms with E-state index in [9.17, 15) is 14.7 Å². The van der Waals surface area contributed by atoms with Crippen LogP contribution in [0.15, 0.2) is 66.9 Å². The average molecular weight is 594 g/mol. The summed E-state index contributed by atoms with van der Waals surface area (Å²) in [6.07, 6.45) is 4.56. The third-order valence-electron chi connectivity index (χ3n) is 9.50. The maximum Gasteiger partial charge on any atom is 0.272 e. The summed E-state index contributed by atoms with van der Waals surface area (Å²) in [4.78, 5) is 41.4. The molecule has 4 aromatic rings. The zero-order chi connectivity index (χ0) is 30.2. The molecule has 5 heterocycles. The molecule has 3 aliphatic heterocycles. The highest BCUT2D eigenvalue weighted by molar-refractivity contribution is 5.93. The quantitative estimate of drug-likeness (QED) is 0.365. The number of amides is 2. The highest BCUT2D eigenvalue weighted by Gasteiger charge is 2.36. The van der Waals surface area contributed by atoms with Crippen molar-refractivity contribution in [2.24, 2.45) is 0 Å². The van der Waals surface area contributed by atoms with Crippen LogP contribution in [-0.4, -0.2) is 97.1 Å². The molecule has 228 valence electrons. The summed E-state index contributed by atoms with van der Waals surface area (Å²) < 4.78 is 1.91. The number of rotatable bonds is 5. The van der Waals surface area contributed by atoms with Gasteiger partial charge in [-0.2, -0.15) is 4.98 Å². The minimum absolute atomic E-state index is 0.0118. The third-order valence-corrected chi connectivity index (χ3v) is 9.50. The fraction of sp³-hybridized carbons (Fsp3) is 0.412. The van der Waals surface area contributed by atoms with E-state index < -0.39 is 6.10 Å². The Kier molecular flexibility index (Phi) is 7.78. The molecule has 0 aliphatic carbocycles. The van der Waals surface area contributed by atoms with Gasteiger partial charge in [-0.15, -0.1) is 0 Å². The molecule has 10 nitrogen and oxygen atoms in total. The van der Waals surface area contributed by atoms with E-state index >= 15 is 0 Å². The predicted octanol–water partition coefficient (Wildman–Crippen LogP) is 3.48. The standard InChI is InChI=1S/C34H39N7O3/c1-23(42)38-16-12-27(13-17-38)35-32-20-28(36-34(37-32)41-19-11-25-7-4-5-9-29(25)41)33(44)40-18-14-30(31(43)22-40)39-15-10-24-6-2-3-8-26(24)21-39/h2-9,11,19-20,27,30-31,43H,10,12-18,21-22H2,1H3,(H,35,36,37)/t30-,31-/m1/s1. The van der Waals surface area contributed by atoms with Gasteiger partial charge in [-0.25, -0.2) is 4.98 Å². The van der Waals surface area contributed by atoms with Gasteiger partial charge in [0.2, 0.25) is 11.9 Å². The fourth-order valence-electron chi connectivity index (χ4n) is 7.02. The molecule has 2 amide bonds. The minimum Gasteiger partial charge on any atom is -0.390 e. The molecule has 44 heavy (non-hydrogen) atoms. The summed E-state index contributed by atoms with van der Waals surface area (Å²) in [6.45, 7) is 5.54. The zero-order valence-electron chi connectivity index (χ0n) is 25.1. The van der Waals surface area contributed by atoms with Crippen molar-refractivity contribution < 1.29 is 14.7 Å². The van der Waals surface area contributed by atoms with Crippen molar-refractivity contribution in [3.05, 3.63) is 83.7 Å². The Morgan fingerprint density at radius 3 is 2.43 bits per heavy atom. The highest BCUT2D eigenvalue weighted by Crippen LogP contribution is 2.27. The number of para-hydroxylation sites is 1. The summed E-state index contributed by atoms with van der Waals surface area (Å²) in [7, 11) is 0. The predicted molar refractivity (Wildman–Crippen MR) is 169 cm³/mol. The van der Waals surface area contributed by atoms with Crippen LogP contribution in [0.1, 0.15) is 47.8 Å². The molecular weight excluding hydrogens is 554 g/mol. The van der Waals surface area contributed by atoms with Crippen molar-refractivity contribution in [2.75, 3.05) is 38.0 Å². The lowest BCUT2D eigenvalue weighted by atomic mass is 9.94. The van der Waals surface area contributed by atoms with Gasteiger partial charge >= 0.3 is 0 Å². The maximum absolute atomic E-state index is 14.0. The average Bonchev–Trinajstić information content (AvgIpc) is 3.49. The normalized spacial score (nSPS) is 21.3. The van der Waals surface area contributed by atoms with Crippen molar-refractivity contribution in [3.63, 3.8) is 0 Å². The van der Waals surface area contributed by atoms with Crippen LogP contribution in [0.2, 0.25) is 0 Å². The second kappa shape index (κ2) is 12.0. The highest BCUT2D eigenvalue weighted by atomic mass is 16.3. The Labute approximate surface area is 257 Å². The van der Waals surface area contributed by atoms with Crippen LogP contribution in [0.4, 0.5) is 5.82 Å². The molecule has 3 aliphatic rings. The molecule has 2 saturated heterocycles. The van der Waals surface area contributed by atoms with Crippen molar-refractivity contribution in [3.8, 4) is 5.95 Å². The Bertz CT molecular complexity index is 1680. The number of hydrogen-bond donors (Lipinski definition) is 2. The molecule has 2 N–H and O–H groups in total. The molecule has 0 spiro atoms. The smallest absolute Gasteiger partial charge is 0.272 e. The number of β-amino-alcohol motifs (C(OH)–C–C–N with tert-alkyl or cyclic N) is 1. The van der Waals surface area contributed by atoms with Crippen LogP contribution in [0.3, 0.4) is 0 Å². The van der Waals surface area contributed by atoms with Crippen LogP contribution in [-0.2, 0) is 17.8 Å². The van der Waals surface area contributed by atoms with Crippen LogP contribution in [0.5, 0.6) is 0 Å². The molecule has 0 radical (unpaired) electrons. The molecule has 2 atom stereocenters. The number of aromatic nitrogens is 3. The number of nitrogens with zero attached hydrogens (tertiary/aromatic N) is 6. The Hall–Kier alpha value is -4.28. The number of benzene rings is 2. The van der Waals surface area contributed by atoms with Crippen LogP contribution >= 0.6 is 0 Å². The van der Waals surface area contributed by atoms with E-state index in [1.807, 2.05) is 46.0 Å². The van der Waals surface area contributed by atoms with Crippen LogP contribution in [0, 0.1) is 0 Å². The summed E-state index contributed by atoms with van der Waals surface area (Å²) in [6, 6.07) is 20.4. The van der Waals surface area contributed by atoms with Crippen molar-refractivity contribution in [1.29, 1.82) is 0 Å². The van der Waals surface area contributed by atoms with E-state index in [-0.39, 0.29) is 30.4 Å². The van der Waals surface area contributed by atoms with Crippen molar-refractivity contribution in [1.82, 2.24) is 29.2 Å². The van der Waals surface area contributed by atoms with Gasteiger partial charge in [0.15, 0.2) is 0 Å². The monoisotopic (exact) mass is 593 g/mol. The first-order chi connectivity index (χ1) is 21.4. The first-order valence-corrected chi connectivity index (χ1v) is 15.7. The lowest BCUT2D eigenvalue weighted by molar-refractivity contribution is -0.129. The van der Waals surface area contributed by atoms with E-state index in [1.165, 1.54) is 11.1 Å². The number of aliphatic hydroxyl groups is 1. The second-order valence-electron chi connectivity index (χ2n) is 12.3. The molecular formula is C34H39N7O3. The molecule has 0 unspecified atom stereocenters. The summed E-state index contributed by atoms with van der Waals surface area (Å²) in [5, 5.41) is 15.9. The minimum atomic E-state index is -0.642. The lowest BCUT2D eigenvalue weighted by Gasteiger charge is -2.43. The second-order valence-corrected chi connectivity index (χ2v) is 12.3. The van der Waals surface area contributed by atoms with E-state index in [0.717, 1.165) is 43.3 Å². The SMILES string of the molecule is CC(=O)N1CCC(Nc2cc(C(=O)N3CC[C@@H](N4CCc5ccccc5C4)[C@H](O)C3)nc(-n3ccc4ccccc43)n2)CC1. The lowest BCUT2D eigenvalue weighted by Crippen LogP contribution is -2.56. The molecule has 2 fully saturated rings. The van der Waals surface area contributed by atoms with Crippen molar-refractivity contribution >= 4 is 28.5 Å². The largest absolute Gasteiger partial charge is 0.390 e. The number of fused-ring (bicyclic) bond motifs is 2. The number of hydrogen-bond acceptors (Lipinski definition) is 7. The molecule has 2 aromatic carbocycles. The molecule has 2 aromatic heterocycles. The number of carbonyl (C=O) groups is 2. The first kappa shape index (κ1) is 28.5. The number of likely N-dealkylation sites (tertiary alicyclic amines) is 2. The number of aliphatic hydroxyl groups excluding tert-OH is 1. The molecule has 7 rings (SSSR count). The summed E-state index contributed by atoms with van der Waals surface area (Å²) >= 11 is 0. The number of nitrogens with one attached hydrogen (secondary N) is 1. The molecule has 0 bridgehead atoms. The van der Waals surface area contributed by atoms with E-state index in [1.54, 1.807) is 17.9 Å². The zero-order valence-corrected chi connectivity index (χ0v) is 25.1. The van der Waals surface area contributed by atoms with Crippen molar-refractivity contribution in [2.45, 2.75) is 57.3 Å². The maximum atomic E-state index is 14.0. The molecule has 10 heteroatoms. The van der Waals surface area contributed by atoms with E-state index in [4.69, 9.17) is 9.97 Å².